The number of hydrogen-bond donors (Lipinski definition) is 4. The molecule has 0 aromatic heterocycles. The van der Waals surface area contributed by atoms with E-state index in [1.54, 1.807) is 34.9 Å². The maximum Gasteiger partial charge on any atom is 0.411 e. The maximum absolute atomic E-state index is 13.6. The van der Waals surface area contributed by atoms with Crippen LogP contribution in [0, 0.1) is 6.92 Å². The Kier molecular flexibility index (Phi) is 9.17. The number of thioether (sulfide) groups is 1. The minimum Gasteiger partial charge on any atom is -0.480 e. The van der Waals surface area contributed by atoms with Crippen LogP contribution >= 0.6 is 11.8 Å². The number of rotatable bonds is 9. The van der Waals surface area contributed by atoms with E-state index in [2.05, 4.69) is 10.0 Å². The van der Waals surface area contributed by atoms with Crippen molar-refractivity contribution in [3.8, 4) is 0 Å². The van der Waals surface area contributed by atoms with Crippen molar-refractivity contribution < 1.29 is 37.8 Å². The number of amides is 1. The minimum absolute atomic E-state index is 0.0443. The van der Waals surface area contributed by atoms with Crippen LogP contribution in [0.15, 0.2) is 53.0 Å². The molecule has 0 spiro atoms. The van der Waals surface area contributed by atoms with Crippen molar-refractivity contribution in [3.05, 3.63) is 53.6 Å². The fourth-order valence-corrected chi connectivity index (χ4v) is 6.78. The molecule has 4 atom stereocenters. The molecule has 2 heterocycles. The molecule has 11 nitrogen and oxygen atoms in total. The lowest BCUT2D eigenvalue weighted by Crippen LogP contribution is -2.53. The molecule has 3 aliphatic rings. The second kappa shape index (κ2) is 12.2. The quantitative estimate of drug-likeness (QED) is 0.335. The van der Waals surface area contributed by atoms with Crippen LogP contribution in [-0.2, 0) is 24.3 Å². The molecule has 39 heavy (non-hydrogen) atoms. The Balaban J connectivity index is 1.51. The number of carboxylic acids is 1. The Morgan fingerprint density at radius 2 is 1.92 bits per heavy atom. The van der Waals surface area contributed by atoms with E-state index in [0.717, 1.165) is 17.1 Å². The predicted molar refractivity (Wildman–Crippen MR) is 145 cm³/mol. The van der Waals surface area contributed by atoms with Crippen molar-refractivity contribution in [1.82, 2.24) is 14.9 Å². The normalized spacial score (nSPS) is 26.1. The summed E-state index contributed by atoms with van der Waals surface area (Å²) in [6.45, 7) is 3.06. The maximum atomic E-state index is 13.6. The molecular formula is C26H33N3O8S2. The summed E-state index contributed by atoms with van der Waals surface area (Å²) in [4.78, 5) is 40.0. The number of aliphatic carboxylic acids is 1. The van der Waals surface area contributed by atoms with Gasteiger partial charge in [-0.3, -0.25) is 9.59 Å². The number of nitrogens with zero attached hydrogens (tertiary/aromatic N) is 1. The number of nitrogens with one attached hydrogen (secondary N) is 2. The first kappa shape index (κ1) is 29.3. The van der Waals surface area contributed by atoms with Crippen LogP contribution in [0.1, 0.15) is 24.8 Å². The summed E-state index contributed by atoms with van der Waals surface area (Å²) in [5, 5.41) is 22.6. The van der Waals surface area contributed by atoms with Gasteiger partial charge in [0, 0.05) is 37.6 Å². The molecule has 0 saturated carbocycles. The molecule has 0 bridgehead atoms. The van der Waals surface area contributed by atoms with Gasteiger partial charge in [0.25, 0.3) is 0 Å². The zero-order chi connectivity index (χ0) is 28.2. The third kappa shape index (κ3) is 7.09. The summed E-state index contributed by atoms with van der Waals surface area (Å²) < 4.78 is 33.6. The van der Waals surface area contributed by atoms with Crippen LogP contribution in [0.4, 0.5) is 4.79 Å². The molecule has 0 radical (unpaired) electrons. The number of benzene rings is 1. The lowest BCUT2D eigenvalue weighted by Gasteiger charge is -2.36. The third-order valence-corrected chi connectivity index (χ3v) is 9.41. The van der Waals surface area contributed by atoms with Crippen molar-refractivity contribution in [2.75, 3.05) is 31.1 Å². The second-order valence-corrected chi connectivity index (χ2v) is 12.9. The largest absolute Gasteiger partial charge is 0.480 e. The summed E-state index contributed by atoms with van der Waals surface area (Å²) in [5.41, 5.74) is -0.295. The van der Waals surface area contributed by atoms with E-state index in [4.69, 9.17) is 4.74 Å². The summed E-state index contributed by atoms with van der Waals surface area (Å²) in [7, 11) is -4.10. The average molecular weight is 580 g/mol. The topological polar surface area (TPSA) is 162 Å². The van der Waals surface area contributed by atoms with Gasteiger partial charge in [-0.25, -0.2) is 13.2 Å². The Hall–Kier alpha value is -2.71. The number of aliphatic hydroxyl groups is 1. The summed E-state index contributed by atoms with van der Waals surface area (Å²) in [6.07, 6.45) is 3.20. The van der Waals surface area contributed by atoms with E-state index >= 15 is 0 Å². The number of allylic oxidation sites excluding steroid dienone is 1. The van der Waals surface area contributed by atoms with Gasteiger partial charge in [0.1, 0.15) is 6.04 Å². The lowest BCUT2D eigenvalue weighted by molar-refractivity contribution is -0.139. The first-order chi connectivity index (χ1) is 18.5. The molecule has 2 saturated heterocycles. The van der Waals surface area contributed by atoms with E-state index < -0.39 is 51.7 Å². The monoisotopic (exact) mass is 579 g/mol. The smallest absolute Gasteiger partial charge is 0.411 e. The summed E-state index contributed by atoms with van der Waals surface area (Å²) in [6, 6.07) is 3.87. The van der Waals surface area contributed by atoms with E-state index in [0.29, 0.717) is 18.7 Å². The molecule has 2 fully saturated rings. The minimum atomic E-state index is -4.10. The van der Waals surface area contributed by atoms with Crippen molar-refractivity contribution in [3.63, 3.8) is 0 Å². The summed E-state index contributed by atoms with van der Waals surface area (Å²) >= 11 is 1.72. The van der Waals surface area contributed by atoms with Crippen molar-refractivity contribution in [2.45, 2.75) is 54.9 Å². The van der Waals surface area contributed by atoms with E-state index in [1.165, 1.54) is 24.3 Å². The molecule has 1 aliphatic carbocycles. The highest BCUT2D eigenvalue weighted by atomic mass is 32.2. The number of aliphatic hydroxyl groups excluding tert-OH is 1. The molecule has 1 aromatic carbocycles. The second-order valence-electron chi connectivity index (χ2n) is 9.92. The molecule has 1 amide bonds. The molecule has 4 rings (SSSR count). The number of aryl methyl sites for hydroxylation is 1. The highest BCUT2D eigenvalue weighted by Crippen LogP contribution is 2.32. The molecule has 212 valence electrons. The highest BCUT2D eigenvalue weighted by molar-refractivity contribution is 7.99. The van der Waals surface area contributed by atoms with Gasteiger partial charge in [0.2, 0.25) is 10.0 Å². The van der Waals surface area contributed by atoms with E-state index in [1.807, 2.05) is 6.92 Å². The van der Waals surface area contributed by atoms with Crippen LogP contribution in [0.3, 0.4) is 0 Å². The Bertz CT molecular complexity index is 1260. The molecule has 1 aromatic rings. The molecule has 1 unspecified atom stereocenters. The number of ketones is 1. The van der Waals surface area contributed by atoms with Crippen molar-refractivity contribution >= 4 is 39.6 Å². The van der Waals surface area contributed by atoms with Gasteiger partial charge in [-0.05, 0) is 43.5 Å². The van der Waals surface area contributed by atoms with Crippen molar-refractivity contribution in [2.24, 2.45) is 0 Å². The first-order valence-corrected chi connectivity index (χ1v) is 15.3. The summed E-state index contributed by atoms with van der Waals surface area (Å²) in [5.74, 6) is -0.227. The van der Waals surface area contributed by atoms with Gasteiger partial charge in [-0.2, -0.15) is 16.5 Å². The predicted octanol–water partition coefficient (Wildman–Crippen LogP) is 1.22. The van der Waals surface area contributed by atoms with Crippen LogP contribution < -0.4 is 10.0 Å². The zero-order valence-electron chi connectivity index (χ0n) is 21.5. The van der Waals surface area contributed by atoms with E-state index in [-0.39, 0.29) is 30.7 Å². The Labute approximate surface area is 231 Å². The number of sulfonamides is 1. The SMILES string of the molecule is Cc1ccc(S(=O)(=O)N[C@@H](CC2=CCC(OC(=O)N3CCSCC3)(C(=O)[C@@H]3C[C@@H](O)CN3)C=C2)C(=O)O)cc1. The molecular weight excluding hydrogens is 546 g/mol. The van der Waals surface area contributed by atoms with Gasteiger partial charge in [0.05, 0.1) is 17.0 Å². The Morgan fingerprint density at radius 3 is 2.49 bits per heavy atom. The molecule has 4 N–H and O–H groups in total. The number of β-amino-alcohol motifs (C(OH)–C–C–N with tert-alkyl or cyclic N) is 1. The zero-order valence-corrected chi connectivity index (χ0v) is 23.2. The number of carbonyl (C=O) groups is 3. The van der Waals surface area contributed by atoms with Crippen LogP contribution in [0.25, 0.3) is 0 Å². The fraction of sp³-hybridized carbons (Fsp3) is 0.500. The number of Topliss-reactive ketones (excluding diaryl/α,β-unsaturated/α-hetero) is 1. The van der Waals surface area contributed by atoms with E-state index in [9.17, 15) is 33.0 Å². The van der Waals surface area contributed by atoms with Gasteiger partial charge in [-0.15, -0.1) is 0 Å². The first-order valence-electron chi connectivity index (χ1n) is 12.7. The van der Waals surface area contributed by atoms with Gasteiger partial charge < -0.3 is 25.2 Å². The number of carbonyl (C=O) groups excluding carboxylic acids is 2. The van der Waals surface area contributed by atoms with Crippen LogP contribution in [0.2, 0.25) is 0 Å². The van der Waals surface area contributed by atoms with Crippen LogP contribution in [0.5, 0.6) is 0 Å². The van der Waals surface area contributed by atoms with Crippen molar-refractivity contribution in [1.29, 1.82) is 0 Å². The average Bonchev–Trinajstić information content (AvgIpc) is 3.35. The number of hydrogen-bond acceptors (Lipinski definition) is 9. The van der Waals surface area contributed by atoms with Gasteiger partial charge in [0.15, 0.2) is 11.4 Å². The van der Waals surface area contributed by atoms with Gasteiger partial charge >= 0.3 is 12.1 Å². The Morgan fingerprint density at radius 1 is 1.23 bits per heavy atom. The molecule has 13 heteroatoms. The fourth-order valence-electron chi connectivity index (χ4n) is 4.69. The van der Waals surface area contributed by atoms with Crippen LogP contribution in [-0.4, -0.2) is 96.3 Å². The molecule has 2 aliphatic heterocycles. The third-order valence-electron chi connectivity index (χ3n) is 6.98. The van der Waals surface area contributed by atoms with Gasteiger partial charge in [-0.1, -0.05) is 29.8 Å². The number of carboxylic acid groups (broad SMARTS) is 1. The lowest BCUT2D eigenvalue weighted by atomic mass is 9.83. The number of ether oxygens (including phenoxy) is 1. The highest BCUT2D eigenvalue weighted by Gasteiger charge is 2.47. The standard InChI is InChI=1S/C26H33N3O8S2/c1-17-2-4-20(5-3-17)39(35,36)28-22(24(32)33)14-18-6-8-26(9-7-18,23(31)21-15-19(30)16-27-21)37-25(34)29-10-12-38-13-11-29/h2-8,19,21-22,27-28,30H,9-16H2,1H3,(H,32,33)/t19-,21+,22+,26?/m1/s1.